The number of nitrogens with two attached hydrogens (primary N) is 1. The zero-order valence-electron chi connectivity index (χ0n) is 19.9. The van der Waals surface area contributed by atoms with E-state index in [2.05, 4.69) is 20.2 Å². The van der Waals surface area contributed by atoms with Crippen molar-refractivity contribution < 1.29 is 14.7 Å². The number of nitrogens with zero attached hydrogens (tertiary/aromatic N) is 6. The highest BCUT2D eigenvalue weighted by molar-refractivity contribution is 7.23. The van der Waals surface area contributed by atoms with Gasteiger partial charge in [-0.3, -0.25) is 14.8 Å². The number of H-pyrrole nitrogens is 1. The molecule has 186 valence electrons. The van der Waals surface area contributed by atoms with E-state index < -0.39 is 17.4 Å². The van der Waals surface area contributed by atoms with Crippen molar-refractivity contribution >= 4 is 44.6 Å². The molecule has 4 heterocycles. The number of carboxylic acids is 1. The Kier molecular flexibility index (Phi) is 6.04. The van der Waals surface area contributed by atoms with Gasteiger partial charge >= 0.3 is 12.0 Å². The maximum absolute atomic E-state index is 11.9. The first-order valence-electron chi connectivity index (χ1n) is 11.6. The van der Waals surface area contributed by atoms with Crippen LogP contribution in [0.15, 0.2) is 36.9 Å². The maximum Gasteiger partial charge on any atom is 0.321 e. The molecule has 5 rings (SSSR count). The van der Waals surface area contributed by atoms with Crippen LogP contribution in [-0.2, 0) is 4.79 Å². The molecule has 2 amide bonds. The molecule has 0 bridgehead atoms. The largest absolute Gasteiger partial charge is 0.481 e. The lowest BCUT2D eigenvalue weighted by Gasteiger charge is -2.36. The first-order chi connectivity index (χ1) is 17.3. The molecular weight excluding hydrogens is 480 g/mol. The van der Waals surface area contributed by atoms with E-state index in [0.717, 1.165) is 32.5 Å². The van der Waals surface area contributed by atoms with Gasteiger partial charge in [-0.25, -0.2) is 19.7 Å². The number of carbonyl (C=O) groups excluding carboxylic acids is 1. The van der Waals surface area contributed by atoms with Crippen LogP contribution in [0.25, 0.3) is 32.5 Å². The van der Waals surface area contributed by atoms with Crippen molar-refractivity contribution in [2.24, 2.45) is 11.1 Å². The molecule has 1 aromatic carbocycles. The van der Waals surface area contributed by atoms with Crippen LogP contribution in [0.5, 0.6) is 0 Å². The molecule has 1 fully saturated rings. The van der Waals surface area contributed by atoms with E-state index in [0.29, 0.717) is 43.6 Å². The third-order valence-electron chi connectivity index (χ3n) is 6.74. The number of hydrogen-bond donors (Lipinski definition) is 3. The van der Waals surface area contributed by atoms with Crippen LogP contribution in [0.3, 0.4) is 0 Å². The number of carboxylic acid groups (broad SMARTS) is 1. The molecule has 1 aliphatic heterocycles. The highest BCUT2D eigenvalue weighted by Crippen LogP contribution is 2.39. The number of piperidine rings is 1. The summed E-state index contributed by atoms with van der Waals surface area (Å²) in [6.07, 6.45) is 8.18. The molecule has 11 nitrogen and oxygen atoms in total. The lowest BCUT2D eigenvalue weighted by Crippen LogP contribution is -2.43. The zero-order valence-corrected chi connectivity index (χ0v) is 20.7. The number of amides is 2. The van der Waals surface area contributed by atoms with Crippen molar-refractivity contribution in [2.75, 3.05) is 29.4 Å². The number of fused-ring (bicyclic) bond motifs is 1. The fraction of sp³-hybridized carbons (Fsp3) is 0.333. The highest BCUT2D eigenvalue weighted by atomic mass is 32.1. The first-order valence-corrected chi connectivity index (χ1v) is 12.4. The average Bonchev–Trinajstić information content (AvgIpc) is 3.54. The van der Waals surface area contributed by atoms with Crippen LogP contribution >= 0.6 is 11.3 Å². The van der Waals surface area contributed by atoms with Crippen molar-refractivity contribution in [3.8, 4) is 22.3 Å². The molecule has 0 spiro atoms. The number of benzene rings is 1. The second-order valence-electron chi connectivity index (χ2n) is 9.06. The van der Waals surface area contributed by atoms with Gasteiger partial charge in [-0.1, -0.05) is 11.3 Å². The van der Waals surface area contributed by atoms with Crippen LogP contribution in [0, 0.1) is 5.41 Å². The molecule has 12 heteroatoms. The van der Waals surface area contributed by atoms with Crippen molar-refractivity contribution in [3.63, 3.8) is 0 Å². The summed E-state index contributed by atoms with van der Waals surface area (Å²) < 4.78 is 0.919. The molecular formula is C24H26N8O3S. The van der Waals surface area contributed by atoms with Crippen LogP contribution in [-0.4, -0.2) is 61.9 Å². The number of aliphatic carboxylic acids is 1. The summed E-state index contributed by atoms with van der Waals surface area (Å²) in [5, 5.41) is 16.9. The van der Waals surface area contributed by atoms with E-state index in [1.54, 1.807) is 25.5 Å². The molecule has 0 atom stereocenters. The lowest BCUT2D eigenvalue weighted by atomic mass is 9.80. The molecule has 4 N–H and O–H groups in total. The second kappa shape index (κ2) is 9.19. The number of anilines is 2. The van der Waals surface area contributed by atoms with E-state index in [-0.39, 0.29) is 0 Å². The number of aromatic nitrogens is 5. The zero-order chi connectivity index (χ0) is 25.4. The number of urea groups is 1. The van der Waals surface area contributed by atoms with Gasteiger partial charge in [-0.2, -0.15) is 5.10 Å². The fourth-order valence-electron chi connectivity index (χ4n) is 4.35. The van der Waals surface area contributed by atoms with Crippen LogP contribution in [0.2, 0.25) is 0 Å². The Balaban J connectivity index is 1.48. The standard InChI is InChI=1S/C24H26N8O3S/c1-3-32(21(25)35)23-30-18-9-14(8-17(19(18)36-23)16-12-28-29-13-16)15-10-26-22(27-11-15)31-6-4-24(2,5-7-31)20(33)34/h8-13H,3-7H2,1-2H3,(H2,25,35)(H,28,29)(H,33,34). The van der Waals surface area contributed by atoms with Gasteiger partial charge in [-0.05, 0) is 44.4 Å². The molecule has 0 unspecified atom stereocenters. The van der Waals surface area contributed by atoms with Crippen LogP contribution < -0.4 is 15.5 Å². The summed E-state index contributed by atoms with van der Waals surface area (Å²) in [6.45, 7) is 5.24. The van der Waals surface area contributed by atoms with Gasteiger partial charge < -0.3 is 15.7 Å². The Hall–Kier alpha value is -4.06. The minimum Gasteiger partial charge on any atom is -0.481 e. The fourth-order valence-corrected chi connectivity index (χ4v) is 5.50. The number of nitrogens with one attached hydrogen (secondary N) is 1. The number of rotatable bonds is 6. The van der Waals surface area contributed by atoms with Gasteiger partial charge in [0.1, 0.15) is 0 Å². The predicted molar refractivity (Wildman–Crippen MR) is 138 cm³/mol. The van der Waals surface area contributed by atoms with Gasteiger partial charge in [-0.15, -0.1) is 0 Å². The quantitative estimate of drug-likeness (QED) is 0.357. The molecule has 1 saturated heterocycles. The minimum atomic E-state index is -0.759. The van der Waals surface area contributed by atoms with E-state index >= 15 is 0 Å². The van der Waals surface area contributed by atoms with Crippen LogP contribution in [0.1, 0.15) is 26.7 Å². The van der Waals surface area contributed by atoms with Crippen molar-refractivity contribution in [3.05, 3.63) is 36.9 Å². The SMILES string of the molecule is CCN(C(N)=O)c1nc2cc(-c3cnc(N4CCC(C)(C(=O)O)CC4)nc3)cc(-c3cn[nH]c3)c2s1. The average molecular weight is 507 g/mol. The third-order valence-corrected chi connectivity index (χ3v) is 7.87. The van der Waals surface area contributed by atoms with Crippen molar-refractivity contribution in [1.82, 2.24) is 25.1 Å². The Morgan fingerprint density at radius 2 is 1.89 bits per heavy atom. The monoisotopic (exact) mass is 506 g/mol. The summed E-state index contributed by atoms with van der Waals surface area (Å²) in [5.74, 6) is -0.177. The Labute approximate surface area is 211 Å². The Morgan fingerprint density at radius 3 is 2.47 bits per heavy atom. The topological polar surface area (TPSA) is 154 Å². The number of hydrogen-bond acceptors (Lipinski definition) is 8. The minimum absolute atomic E-state index is 0.417. The summed E-state index contributed by atoms with van der Waals surface area (Å²) in [6, 6.07) is 3.44. The van der Waals surface area contributed by atoms with Gasteiger partial charge in [0.25, 0.3) is 0 Å². The predicted octanol–water partition coefficient (Wildman–Crippen LogP) is 3.74. The summed E-state index contributed by atoms with van der Waals surface area (Å²) >= 11 is 1.40. The second-order valence-corrected chi connectivity index (χ2v) is 10.0. The number of primary amides is 1. The van der Waals surface area contributed by atoms with E-state index in [4.69, 9.17) is 10.7 Å². The lowest BCUT2D eigenvalue weighted by molar-refractivity contribution is -0.149. The molecule has 1 aliphatic rings. The van der Waals surface area contributed by atoms with E-state index in [1.807, 2.05) is 30.2 Å². The smallest absolute Gasteiger partial charge is 0.321 e. The normalized spacial score (nSPS) is 15.2. The van der Waals surface area contributed by atoms with Gasteiger partial charge in [0.15, 0.2) is 5.13 Å². The van der Waals surface area contributed by atoms with Crippen LogP contribution in [0.4, 0.5) is 15.9 Å². The molecule has 0 saturated carbocycles. The Bertz CT molecular complexity index is 1410. The van der Waals surface area contributed by atoms with Crippen molar-refractivity contribution in [2.45, 2.75) is 26.7 Å². The molecule has 4 aromatic rings. The number of aromatic amines is 1. The highest BCUT2D eigenvalue weighted by Gasteiger charge is 2.37. The number of thiazole rings is 1. The van der Waals surface area contributed by atoms with Gasteiger partial charge in [0, 0.05) is 54.9 Å². The maximum atomic E-state index is 11.9. The van der Waals surface area contributed by atoms with E-state index in [1.165, 1.54) is 16.2 Å². The Morgan fingerprint density at radius 1 is 1.17 bits per heavy atom. The van der Waals surface area contributed by atoms with Gasteiger partial charge in [0.2, 0.25) is 5.95 Å². The van der Waals surface area contributed by atoms with E-state index in [9.17, 15) is 14.7 Å². The molecule has 36 heavy (non-hydrogen) atoms. The summed E-state index contributed by atoms with van der Waals surface area (Å²) in [4.78, 5) is 40.7. The third kappa shape index (κ3) is 4.24. The number of carbonyl (C=O) groups is 2. The van der Waals surface area contributed by atoms with Gasteiger partial charge in [0.05, 0.1) is 21.8 Å². The first kappa shape index (κ1) is 23.7. The summed E-state index contributed by atoms with van der Waals surface area (Å²) in [7, 11) is 0. The molecule has 0 radical (unpaired) electrons. The summed E-state index contributed by atoms with van der Waals surface area (Å²) in [5.41, 5.74) is 9.09. The van der Waals surface area contributed by atoms with Crippen molar-refractivity contribution in [1.29, 1.82) is 0 Å². The molecule has 3 aromatic heterocycles. The molecule has 0 aliphatic carbocycles.